The fraction of sp³-hybridized carbons (Fsp3) is 0.100. The van der Waals surface area contributed by atoms with Crippen molar-refractivity contribution in [2.75, 3.05) is 0 Å². The standard InChI is InChI=1S/C20H18ClSi/c21-20-14-8-7-9-17(20)15-16-22(18-10-3-1-4-11-18)19-12-5-2-6-13-19/h1-14H,15-16H2. The van der Waals surface area contributed by atoms with Crippen molar-refractivity contribution in [2.45, 2.75) is 12.5 Å². The Morgan fingerprint density at radius 1 is 0.636 bits per heavy atom. The summed E-state index contributed by atoms with van der Waals surface area (Å²) < 4.78 is 0. The van der Waals surface area contributed by atoms with E-state index in [4.69, 9.17) is 11.6 Å². The molecule has 0 atom stereocenters. The van der Waals surface area contributed by atoms with Gasteiger partial charge in [-0.25, -0.2) is 0 Å². The van der Waals surface area contributed by atoms with E-state index >= 15 is 0 Å². The van der Waals surface area contributed by atoms with E-state index in [1.165, 1.54) is 15.9 Å². The molecule has 2 heteroatoms. The van der Waals surface area contributed by atoms with E-state index in [-0.39, 0.29) is 0 Å². The van der Waals surface area contributed by atoms with Gasteiger partial charge < -0.3 is 0 Å². The van der Waals surface area contributed by atoms with Crippen LogP contribution in [0, 0.1) is 0 Å². The summed E-state index contributed by atoms with van der Waals surface area (Å²) in [5.74, 6) is 0. The van der Waals surface area contributed by atoms with E-state index in [9.17, 15) is 0 Å². The number of halogens is 1. The Hall–Kier alpha value is -1.83. The topological polar surface area (TPSA) is 0 Å². The van der Waals surface area contributed by atoms with Crippen molar-refractivity contribution in [3.63, 3.8) is 0 Å². The van der Waals surface area contributed by atoms with Gasteiger partial charge in [-0.3, -0.25) is 0 Å². The molecule has 0 saturated carbocycles. The lowest BCUT2D eigenvalue weighted by atomic mass is 10.2. The fourth-order valence-corrected chi connectivity index (χ4v) is 5.54. The second-order valence-corrected chi connectivity index (χ2v) is 8.32. The first-order chi connectivity index (χ1) is 10.8. The van der Waals surface area contributed by atoms with Crippen LogP contribution in [-0.2, 0) is 6.42 Å². The third-order valence-electron chi connectivity index (χ3n) is 3.85. The first kappa shape index (κ1) is 15.1. The van der Waals surface area contributed by atoms with Crippen molar-refractivity contribution >= 4 is 30.8 Å². The minimum Gasteiger partial charge on any atom is -0.0840 e. The second-order valence-electron chi connectivity index (χ2n) is 5.30. The summed E-state index contributed by atoms with van der Waals surface area (Å²) in [6.45, 7) is 0. The first-order valence-corrected chi connectivity index (χ1v) is 9.63. The molecule has 22 heavy (non-hydrogen) atoms. The highest BCUT2D eigenvalue weighted by Gasteiger charge is 2.16. The molecule has 109 valence electrons. The van der Waals surface area contributed by atoms with Crippen LogP contribution >= 0.6 is 11.6 Å². The molecule has 0 spiro atoms. The third kappa shape index (κ3) is 3.68. The Kier molecular flexibility index (Phi) is 5.10. The van der Waals surface area contributed by atoms with Gasteiger partial charge >= 0.3 is 0 Å². The molecule has 0 saturated heterocycles. The molecule has 0 bridgehead atoms. The van der Waals surface area contributed by atoms with Crippen molar-refractivity contribution < 1.29 is 0 Å². The molecule has 3 rings (SSSR count). The lowest BCUT2D eigenvalue weighted by Crippen LogP contribution is -2.42. The number of hydrogen-bond acceptors (Lipinski definition) is 0. The van der Waals surface area contributed by atoms with Gasteiger partial charge in [0.15, 0.2) is 0 Å². The average molecular weight is 322 g/mol. The van der Waals surface area contributed by atoms with Gasteiger partial charge in [-0.15, -0.1) is 0 Å². The predicted molar refractivity (Wildman–Crippen MR) is 97.9 cm³/mol. The van der Waals surface area contributed by atoms with Crippen molar-refractivity contribution in [3.8, 4) is 0 Å². The van der Waals surface area contributed by atoms with E-state index in [0.717, 1.165) is 17.5 Å². The third-order valence-corrected chi connectivity index (χ3v) is 7.03. The Labute approximate surface area is 139 Å². The Morgan fingerprint density at radius 2 is 1.14 bits per heavy atom. The zero-order valence-electron chi connectivity index (χ0n) is 12.4. The molecular formula is C20H18ClSi. The minimum absolute atomic E-state index is 0.773. The highest BCUT2D eigenvalue weighted by Crippen LogP contribution is 2.17. The van der Waals surface area contributed by atoms with Crippen LogP contribution in [0.1, 0.15) is 5.56 Å². The molecule has 0 aliphatic carbocycles. The molecule has 3 aromatic rings. The van der Waals surface area contributed by atoms with Crippen molar-refractivity contribution in [2.24, 2.45) is 0 Å². The molecule has 0 N–H and O–H groups in total. The van der Waals surface area contributed by atoms with Gasteiger partial charge in [0.25, 0.3) is 0 Å². The highest BCUT2D eigenvalue weighted by molar-refractivity contribution is 6.85. The maximum atomic E-state index is 6.31. The minimum atomic E-state index is -0.773. The smallest absolute Gasteiger partial charge is 0.0840 e. The molecule has 3 aromatic carbocycles. The van der Waals surface area contributed by atoms with Crippen molar-refractivity contribution in [3.05, 3.63) is 95.5 Å². The maximum Gasteiger partial charge on any atom is 0.121 e. The van der Waals surface area contributed by atoms with Gasteiger partial charge in [0.2, 0.25) is 0 Å². The van der Waals surface area contributed by atoms with E-state index < -0.39 is 8.80 Å². The normalized spacial score (nSPS) is 10.8. The van der Waals surface area contributed by atoms with Gasteiger partial charge in [0.1, 0.15) is 8.80 Å². The van der Waals surface area contributed by atoms with Gasteiger partial charge in [-0.05, 0) is 24.1 Å². The molecule has 0 amide bonds. The van der Waals surface area contributed by atoms with Crippen molar-refractivity contribution in [1.29, 1.82) is 0 Å². The molecule has 0 aliphatic rings. The lowest BCUT2D eigenvalue weighted by Gasteiger charge is -2.16. The first-order valence-electron chi connectivity index (χ1n) is 7.54. The zero-order valence-corrected chi connectivity index (χ0v) is 14.1. The quantitative estimate of drug-likeness (QED) is 0.618. The van der Waals surface area contributed by atoms with Crippen LogP contribution < -0.4 is 10.4 Å². The van der Waals surface area contributed by atoms with E-state index in [0.29, 0.717) is 0 Å². The predicted octanol–water partition coefficient (Wildman–Crippen LogP) is 4.19. The molecule has 0 unspecified atom stereocenters. The summed E-state index contributed by atoms with van der Waals surface area (Å²) in [5.41, 5.74) is 1.25. The van der Waals surface area contributed by atoms with Crippen LogP contribution in [0.2, 0.25) is 11.1 Å². The molecule has 0 nitrogen and oxygen atoms in total. The van der Waals surface area contributed by atoms with E-state index in [1.807, 2.05) is 12.1 Å². The van der Waals surface area contributed by atoms with Crippen LogP contribution in [0.3, 0.4) is 0 Å². The summed E-state index contributed by atoms with van der Waals surface area (Å²) >= 11 is 6.31. The maximum absolute atomic E-state index is 6.31. The average Bonchev–Trinajstić information content (AvgIpc) is 2.59. The summed E-state index contributed by atoms with van der Waals surface area (Å²) in [4.78, 5) is 0. The summed E-state index contributed by atoms with van der Waals surface area (Å²) in [6.07, 6.45) is 1.03. The van der Waals surface area contributed by atoms with Crippen LogP contribution in [-0.4, -0.2) is 8.80 Å². The van der Waals surface area contributed by atoms with Gasteiger partial charge in [-0.2, -0.15) is 0 Å². The summed E-state index contributed by atoms with van der Waals surface area (Å²) in [5, 5.41) is 3.81. The Balaban J connectivity index is 1.85. The fourth-order valence-electron chi connectivity index (χ4n) is 2.69. The zero-order chi connectivity index (χ0) is 15.2. The molecule has 0 aromatic heterocycles. The molecule has 1 radical (unpaired) electrons. The second kappa shape index (κ2) is 7.44. The molecule has 0 heterocycles. The SMILES string of the molecule is Clc1ccccc1CC[Si](c1ccccc1)c1ccccc1. The molecular weight excluding hydrogens is 304 g/mol. The largest absolute Gasteiger partial charge is 0.121 e. The highest BCUT2D eigenvalue weighted by atomic mass is 35.5. The Bertz CT molecular complexity index is 671. The van der Waals surface area contributed by atoms with Gasteiger partial charge in [0.05, 0.1) is 0 Å². The van der Waals surface area contributed by atoms with Crippen molar-refractivity contribution in [1.82, 2.24) is 0 Å². The van der Waals surface area contributed by atoms with Crippen LogP contribution in [0.25, 0.3) is 0 Å². The van der Waals surface area contributed by atoms with E-state index in [2.05, 4.69) is 72.8 Å². The van der Waals surface area contributed by atoms with Crippen LogP contribution in [0.4, 0.5) is 0 Å². The Morgan fingerprint density at radius 3 is 1.68 bits per heavy atom. The number of aryl methyl sites for hydroxylation is 1. The molecule has 0 fully saturated rings. The van der Waals surface area contributed by atoms with Crippen LogP contribution in [0.15, 0.2) is 84.9 Å². The van der Waals surface area contributed by atoms with Gasteiger partial charge in [0, 0.05) is 5.02 Å². The number of hydrogen-bond donors (Lipinski definition) is 0. The summed E-state index contributed by atoms with van der Waals surface area (Å²) in [7, 11) is -0.773. The summed E-state index contributed by atoms with van der Waals surface area (Å²) in [6, 6.07) is 31.1. The van der Waals surface area contributed by atoms with Crippen LogP contribution in [0.5, 0.6) is 0 Å². The monoisotopic (exact) mass is 321 g/mol. The lowest BCUT2D eigenvalue weighted by molar-refractivity contribution is 1.12. The number of benzene rings is 3. The van der Waals surface area contributed by atoms with Gasteiger partial charge in [-0.1, -0.05) is 101 Å². The van der Waals surface area contributed by atoms with E-state index in [1.54, 1.807) is 0 Å². The molecule has 0 aliphatic heterocycles. The number of rotatable bonds is 5.